The zero-order valence-electron chi connectivity index (χ0n) is 16.6. The van der Waals surface area contributed by atoms with Gasteiger partial charge in [-0.2, -0.15) is 0 Å². The maximum absolute atomic E-state index is 13.5. The van der Waals surface area contributed by atoms with Gasteiger partial charge in [-0.1, -0.05) is 60.2 Å². The fourth-order valence-electron chi connectivity index (χ4n) is 4.76. The van der Waals surface area contributed by atoms with Crippen molar-refractivity contribution in [3.63, 3.8) is 0 Å². The van der Waals surface area contributed by atoms with E-state index in [-0.39, 0.29) is 24.1 Å². The normalized spacial score (nSPS) is 19.7. The molecule has 0 aromatic heterocycles. The summed E-state index contributed by atoms with van der Waals surface area (Å²) in [6, 6.07) is 21.5. The van der Waals surface area contributed by atoms with Gasteiger partial charge < -0.3 is 9.80 Å². The molecule has 1 atom stereocenters. The predicted octanol–water partition coefficient (Wildman–Crippen LogP) is 3.88. The Labute approximate surface area is 174 Å². The molecule has 0 spiro atoms. The molecule has 2 heterocycles. The number of fused-ring (bicyclic) bond motifs is 3. The number of carbonyl (C=O) groups excluding carboxylic acids is 2. The lowest BCUT2D eigenvalue weighted by Gasteiger charge is -2.40. The Morgan fingerprint density at radius 1 is 0.967 bits per heavy atom. The molecule has 0 bridgehead atoms. The number of carbonyl (C=O) groups is 2. The highest BCUT2D eigenvalue weighted by Gasteiger charge is 2.59. The number of amides is 2. The predicted molar refractivity (Wildman–Crippen MR) is 111 cm³/mol. The van der Waals surface area contributed by atoms with Gasteiger partial charge in [0.05, 0.1) is 6.42 Å². The average Bonchev–Trinajstić information content (AvgIpc) is 3.26. The maximum Gasteiger partial charge on any atom is 0.256 e. The molecule has 3 aromatic rings. The molecule has 0 N–H and O–H groups in total. The van der Waals surface area contributed by atoms with Gasteiger partial charge in [0.15, 0.2) is 5.66 Å². The van der Waals surface area contributed by atoms with E-state index in [4.69, 9.17) is 0 Å². The lowest BCUT2D eigenvalue weighted by Crippen LogP contribution is -2.52. The first-order valence-corrected chi connectivity index (χ1v) is 10.1. The fourth-order valence-corrected chi connectivity index (χ4v) is 4.76. The van der Waals surface area contributed by atoms with Crippen molar-refractivity contribution in [1.29, 1.82) is 0 Å². The van der Waals surface area contributed by atoms with Crippen LogP contribution in [0.4, 0.5) is 4.39 Å². The van der Waals surface area contributed by atoms with E-state index in [1.807, 2.05) is 65.3 Å². The number of hydrogen-bond acceptors (Lipinski definition) is 2. The molecule has 0 aliphatic carbocycles. The number of hydrogen-bond donors (Lipinski definition) is 0. The molecule has 2 aliphatic heterocycles. The average molecular weight is 400 g/mol. The topological polar surface area (TPSA) is 40.6 Å². The van der Waals surface area contributed by atoms with Crippen molar-refractivity contribution in [3.8, 4) is 0 Å². The molecule has 1 unspecified atom stereocenters. The second kappa shape index (κ2) is 6.80. The van der Waals surface area contributed by atoms with Crippen LogP contribution in [-0.2, 0) is 16.9 Å². The number of rotatable bonds is 3. The third-order valence-corrected chi connectivity index (χ3v) is 6.13. The lowest BCUT2D eigenvalue weighted by atomic mass is 9.89. The number of benzene rings is 3. The minimum Gasteiger partial charge on any atom is -0.309 e. The summed E-state index contributed by atoms with van der Waals surface area (Å²) in [5, 5.41) is 0. The summed E-state index contributed by atoms with van der Waals surface area (Å²) in [7, 11) is 0. The lowest BCUT2D eigenvalue weighted by molar-refractivity contribution is -0.135. The molecule has 5 heteroatoms. The molecule has 3 aromatic carbocycles. The van der Waals surface area contributed by atoms with Crippen molar-refractivity contribution in [3.05, 3.63) is 106 Å². The third-order valence-electron chi connectivity index (χ3n) is 6.13. The number of halogens is 1. The molecule has 4 nitrogen and oxygen atoms in total. The summed E-state index contributed by atoms with van der Waals surface area (Å²) in [4.78, 5) is 30.4. The van der Waals surface area contributed by atoms with E-state index in [1.54, 1.807) is 12.1 Å². The molecule has 150 valence electrons. The van der Waals surface area contributed by atoms with Crippen molar-refractivity contribution >= 4 is 11.8 Å². The van der Waals surface area contributed by atoms with Crippen LogP contribution in [0, 0.1) is 12.7 Å². The minimum atomic E-state index is -0.946. The van der Waals surface area contributed by atoms with Crippen molar-refractivity contribution in [2.75, 3.05) is 13.1 Å². The molecule has 5 rings (SSSR count). The first kappa shape index (κ1) is 18.6. The Morgan fingerprint density at radius 3 is 2.40 bits per heavy atom. The Kier molecular flexibility index (Phi) is 4.21. The van der Waals surface area contributed by atoms with E-state index < -0.39 is 5.66 Å². The standard InChI is InChI=1S/C25H21FN2O2/c1-17-6-10-19(11-7-17)25-22-5-3-2-4-21(22)24(30)28(25)15-14-27(25)23(29)16-18-8-12-20(26)13-9-18/h2-13H,14-16H2,1H3. The Hall–Kier alpha value is -3.47. The van der Waals surface area contributed by atoms with Crippen LogP contribution in [0.5, 0.6) is 0 Å². The molecule has 0 saturated carbocycles. The second-order valence-corrected chi connectivity index (χ2v) is 7.89. The number of nitrogens with zero attached hydrogens (tertiary/aromatic N) is 2. The van der Waals surface area contributed by atoms with Gasteiger partial charge in [0.1, 0.15) is 5.82 Å². The van der Waals surface area contributed by atoms with Gasteiger partial charge in [-0.3, -0.25) is 9.59 Å². The van der Waals surface area contributed by atoms with E-state index in [2.05, 4.69) is 0 Å². The van der Waals surface area contributed by atoms with Crippen LogP contribution >= 0.6 is 0 Å². The molecule has 0 radical (unpaired) electrons. The van der Waals surface area contributed by atoms with Crippen LogP contribution < -0.4 is 0 Å². The summed E-state index contributed by atoms with van der Waals surface area (Å²) < 4.78 is 13.3. The van der Waals surface area contributed by atoms with Gasteiger partial charge >= 0.3 is 0 Å². The van der Waals surface area contributed by atoms with Gasteiger partial charge in [-0.25, -0.2) is 4.39 Å². The minimum absolute atomic E-state index is 0.0525. The number of aryl methyl sites for hydroxylation is 1. The van der Waals surface area contributed by atoms with E-state index >= 15 is 0 Å². The highest BCUT2D eigenvalue weighted by Crippen LogP contribution is 2.49. The highest BCUT2D eigenvalue weighted by molar-refractivity contribution is 6.02. The van der Waals surface area contributed by atoms with Crippen molar-refractivity contribution in [2.24, 2.45) is 0 Å². The smallest absolute Gasteiger partial charge is 0.256 e. The van der Waals surface area contributed by atoms with Gasteiger partial charge in [0.25, 0.3) is 5.91 Å². The molecule has 2 aliphatic rings. The first-order valence-electron chi connectivity index (χ1n) is 10.1. The van der Waals surface area contributed by atoms with E-state index in [1.165, 1.54) is 12.1 Å². The maximum atomic E-state index is 13.5. The van der Waals surface area contributed by atoms with E-state index in [0.29, 0.717) is 18.7 Å². The van der Waals surface area contributed by atoms with Crippen LogP contribution in [0.15, 0.2) is 72.8 Å². The zero-order chi connectivity index (χ0) is 20.9. The summed E-state index contributed by atoms with van der Waals surface area (Å²) in [6.07, 6.45) is 0.151. The summed E-state index contributed by atoms with van der Waals surface area (Å²) >= 11 is 0. The van der Waals surface area contributed by atoms with Crippen LogP contribution in [0.2, 0.25) is 0 Å². The van der Waals surface area contributed by atoms with Gasteiger partial charge in [-0.05, 0) is 30.7 Å². The largest absolute Gasteiger partial charge is 0.309 e. The SMILES string of the molecule is Cc1ccc(C23c4ccccc4C(=O)N2CCN3C(=O)Cc2ccc(F)cc2)cc1. The van der Waals surface area contributed by atoms with Gasteiger partial charge in [-0.15, -0.1) is 0 Å². The fraction of sp³-hybridized carbons (Fsp3) is 0.200. The van der Waals surface area contributed by atoms with E-state index in [9.17, 15) is 14.0 Å². The van der Waals surface area contributed by atoms with Gasteiger partial charge in [0, 0.05) is 29.8 Å². The van der Waals surface area contributed by atoms with Crippen LogP contribution in [-0.4, -0.2) is 34.7 Å². The first-order chi connectivity index (χ1) is 14.5. The molecule has 2 amide bonds. The van der Waals surface area contributed by atoms with Crippen molar-refractivity contribution < 1.29 is 14.0 Å². The summed E-state index contributed by atoms with van der Waals surface area (Å²) in [6.45, 7) is 2.93. The molecule has 30 heavy (non-hydrogen) atoms. The Morgan fingerprint density at radius 2 is 1.67 bits per heavy atom. The van der Waals surface area contributed by atoms with Crippen molar-refractivity contribution in [1.82, 2.24) is 9.80 Å². The summed E-state index contributed by atoms with van der Waals surface area (Å²) in [5.41, 5.74) is 3.29. The molecular formula is C25H21FN2O2. The molecular weight excluding hydrogens is 379 g/mol. The quantitative estimate of drug-likeness (QED) is 0.670. The molecule has 1 fully saturated rings. The van der Waals surface area contributed by atoms with Crippen LogP contribution in [0.1, 0.15) is 32.6 Å². The second-order valence-electron chi connectivity index (χ2n) is 7.89. The van der Waals surface area contributed by atoms with Crippen molar-refractivity contribution in [2.45, 2.75) is 19.0 Å². The summed E-state index contributed by atoms with van der Waals surface area (Å²) in [5.74, 6) is -0.470. The van der Waals surface area contributed by atoms with Crippen LogP contribution in [0.3, 0.4) is 0 Å². The third kappa shape index (κ3) is 2.58. The molecule has 1 saturated heterocycles. The van der Waals surface area contributed by atoms with Gasteiger partial charge in [0.2, 0.25) is 5.91 Å². The van der Waals surface area contributed by atoms with Crippen LogP contribution in [0.25, 0.3) is 0 Å². The highest BCUT2D eigenvalue weighted by atomic mass is 19.1. The zero-order valence-corrected chi connectivity index (χ0v) is 16.6. The monoisotopic (exact) mass is 400 g/mol. The Balaban J connectivity index is 1.64. The van der Waals surface area contributed by atoms with E-state index in [0.717, 1.165) is 22.3 Å². The Bertz CT molecular complexity index is 1140.